The monoisotopic (exact) mass is 341 g/mol. The Bertz CT molecular complexity index is 894. The van der Waals surface area contributed by atoms with Crippen LogP contribution in [0.3, 0.4) is 0 Å². The topological polar surface area (TPSA) is 39.2 Å². The van der Waals surface area contributed by atoms with Gasteiger partial charge in [0.1, 0.15) is 5.82 Å². The first kappa shape index (κ1) is 16.5. The first-order chi connectivity index (χ1) is 11.6. The van der Waals surface area contributed by atoms with E-state index in [1.54, 1.807) is 25.3 Å². The number of nitrogens with zero attached hydrogens (tertiary/aromatic N) is 1. The summed E-state index contributed by atoms with van der Waals surface area (Å²) < 4.78 is 18.3. The number of hydrogen-bond donors (Lipinski definition) is 0. The quantitative estimate of drug-likeness (QED) is 0.625. The molecule has 3 nitrogen and oxygen atoms in total. The van der Waals surface area contributed by atoms with E-state index in [0.29, 0.717) is 12.2 Å². The van der Waals surface area contributed by atoms with E-state index in [4.69, 9.17) is 4.74 Å². The summed E-state index contributed by atoms with van der Waals surface area (Å²) in [6.07, 6.45) is 1.54. The highest BCUT2D eigenvalue weighted by Crippen LogP contribution is 2.36. The molecule has 0 aliphatic heterocycles. The Labute approximate surface area is 143 Å². The fraction of sp³-hybridized carbons (Fsp3) is 0.158. The lowest BCUT2D eigenvalue weighted by atomic mass is 10.1. The fourth-order valence-electron chi connectivity index (χ4n) is 2.37. The van der Waals surface area contributed by atoms with Crippen molar-refractivity contribution in [2.24, 2.45) is 0 Å². The third kappa shape index (κ3) is 3.41. The summed E-state index contributed by atoms with van der Waals surface area (Å²) in [6.45, 7) is 4.05. The van der Waals surface area contributed by atoms with Gasteiger partial charge in [0.05, 0.1) is 17.7 Å². The van der Waals surface area contributed by atoms with E-state index in [2.05, 4.69) is 4.98 Å². The average molecular weight is 341 g/mol. The molecule has 0 radical (unpaired) electrons. The third-order valence-electron chi connectivity index (χ3n) is 3.50. The maximum absolute atomic E-state index is 13.1. The molecular formula is C19H16FNO2S. The van der Waals surface area contributed by atoms with E-state index in [0.717, 1.165) is 26.3 Å². The van der Waals surface area contributed by atoms with Gasteiger partial charge in [-0.25, -0.2) is 9.18 Å². The number of aryl methyl sites for hydroxylation is 1. The number of halogens is 1. The molecule has 0 saturated heterocycles. The van der Waals surface area contributed by atoms with Crippen LogP contribution in [0.5, 0.6) is 0 Å². The minimum atomic E-state index is -0.405. The van der Waals surface area contributed by atoms with Crippen LogP contribution in [0.1, 0.15) is 22.8 Å². The SMILES string of the molecule is CCOC(=O)c1cnc2ccc(C)cc2c1Sc1ccc(F)cc1. The number of ether oxygens (including phenoxy) is 1. The minimum absolute atomic E-state index is 0.291. The Morgan fingerprint density at radius 3 is 2.67 bits per heavy atom. The third-order valence-corrected chi connectivity index (χ3v) is 4.65. The molecule has 0 bridgehead atoms. The molecule has 122 valence electrons. The zero-order chi connectivity index (χ0) is 17.1. The van der Waals surface area contributed by atoms with E-state index in [-0.39, 0.29) is 5.82 Å². The molecule has 5 heteroatoms. The number of rotatable bonds is 4. The predicted octanol–water partition coefficient (Wildman–Crippen LogP) is 5.01. The van der Waals surface area contributed by atoms with E-state index >= 15 is 0 Å². The highest BCUT2D eigenvalue weighted by Gasteiger charge is 2.18. The molecular weight excluding hydrogens is 325 g/mol. The van der Waals surface area contributed by atoms with Crippen LogP contribution in [-0.4, -0.2) is 17.6 Å². The first-order valence-corrected chi connectivity index (χ1v) is 8.40. The van der Waals surface area contributed by atoms with Crippen LogP contribution in [0.15, 0.2) is 58.5 Å². The number of pyridine rings is 1. The summed E-state index contributed by atoms with van der Waals surface area (Å²) in [5.41, 5.74) is 2.30. The van der Waals surface area contributed by atoms with Crippen molar-refractivity contribution in [3.05, 3.63) is 65.6 Å². The zero-order valence-electron chi connectivity index (χ0n) is 13.4. The highest BCUT2D eigenvalue weighted by atomic mass is 32.2. The summed E-state index contributed by atoms with van der Waals surface area (Å²) in [7, 11) is 0. The van der Waals surface area contributed by atoms with Crippen molar-refractivity contribution >= 4 is 28.6 Å². The largest absolute Gasteiger partial charge is 0.462 e. The summed E-state index contributed by atoms with van der Waals surface area (Å²) in [6, 6.07) is 12.1. The maximum atomic E-state index is 13.1. The van der Waals surface area contributed by atoms with E-state index < -0.39 is 5.97 Å². The van der Waals surface area contributed by atoms with Gasteiger partial charge in [-0.05, 0) is 50.2 Å². The Hall–Kier alpha value is -2.40. The molecule has 0 spiro atoms. The Balaban J connectivity index is 2.16. The van der Waals surface area contributed by atoms with E-state index in [1.807, 2.05) is 25.1 Å². The number of aromatic nitrogens is 1. The van der Waals surface area contributed by atoms with Crippen molar-refractivity contribution in [2.45, 2.75) is 23.6 Å². The molecule has 24 heavy (non-hydrogen) atoms. The van der Waals surface area contributed by atoms with Gasteiger partial charge in [-0.2, -0.15) is 0 Å². The highest BCUT2D eigenvalue weighted by molar-refractivity contribution is 7.99. The van der Waals surface area contributed by atoms with Gasteiger partial charge < -0.3 is 4.74 Å². The van der Waals surface area contributed by atoms with Crippen LogP contribution in [-0.2, 0) is 4.74 Å². The normalized spacial score (nSPS) is 10.8. The van der Waals surface area contributed by atoms with Crippen molar-refractivity contribution in [1.29, 1.82) is 0 Å². The van der Waals surface area contributed by atoms with E-state index in [1.165, 1.54) is 23.9 Å². The number of fused-ring (bicyclic) bond motifs is 1. The van der Waals surface area contributed by atoms with Gasteiger partial charge in [0.15, 0.2) is 0 Å². The lowest BCUT2D eigenvalue weighted by molar-refractivity contribution is 0.0522. The predicted molar refractivity (Wildman–Crippen MR) is 93.0 cm³/mol. The molecule has 1 aromatic heterocycles. The van der Waals surface area contributed by atoms with Crippen molar-refractivity contribution in [2.75, 3.05) is 6.61 Å². The Kier molecular flexibility index (Phi) is 4.81. The van der Waals surface area contributed by atoms with Crippen LogP contribution in [0.25, 0.3) is 10.9 Å². The second-order valence-corrected chi connectivity index (χ2v) is 6.38. The number of hydrogen-bond acceptors (Lipinski definition) is 4. The molecule has 0 saturated carbocycles. The second-order valence-electron chi connectivity index (χ2n) is 5.30. The average Bonchev–Trinajstić information content (AvgIpc) is 2.57. The summed E-state index contributed by atoms with van der Waals surface area (Å²) >= 11 is 1.41. The van der Waals surface area contributed by atoms with Crippen LogP contribution >= 0.6 is 11.8 Å². The van der Waals surface area contributed by atoms with Crippen molar-refractivity contribution in [1.82, 2.24) is 4.98 Å². The number of benzene rings is 2. The Morgan fingerprint density at radius 1 is 1.21 bits per heavy atom. The summed E-state index contributed by atoms with van der Waals surface area (Å²) in [5.74, 6) is -0.696. The molecule has 0 atom stereocenters. The molecule has 0 aliphatic rings. The van der Waals surface area contributed by atoms with Gasteiger partial charge in [-0.1, -0.05) is 23.4 Å². The van der Waals surface area contributed by atoms with Crippen LogP contribution in [0.2, 0.25) is 0 Å². The molecule has 0 N–H and O–H groups in total. The number of esters is 1. The van der Waals surface area contributed by atoms with Gasteiger partial charge in [0.2, 0.25) is 0 Å². The lowest BCUT2D eigenvalue weighted by Gasteiger charge is -2.12. The van der Waals surface area contributed by atoms with Crippen LogP contribution < -0.4 is 0 Å². The van der Waals surface area contributed by atoms with Crippen molar-refractivity contribution < 1.29 is 13.9 Å². The minimum Gasteiger partial charge on any atom is -0.462 e. The van der Waals surface area contributed by atoms with Crippen molar-refractivity contribution in [3.8, 4) is 0 Å². The smallest absolute Gasteiger partial charge is 0.340 e. The molecule has 1 heterocycles. The van der Waals surface area contributed by atoms with Gasteiger partial charge in [0, 0.05) is 21.4 Å². The molecule has 2 aromatic carbocycles. The molecule has 0 fully saturated rings. The molecule has 3 rings (SSSR count). The summed E-state index contributed by atoms with van der Waals surface area (Å²) in [5, 5.41) is 0.884. The fourth-order valence-corrected chi connectivity index (χ4v) is 3.39. The van der Waals surface area contributed by atoms with E-state index in [9.17, 15) is 9.18 Å². The Morgan fingerprint density at radius 2 is 1.96 bits per heavy atom. The number of carbonyl (C=O) groups is 1. The second kappa shape index (κ2) is 7.01. The van der Waals surface area contributed by atoms with Gasteiger partial charge in [0.25, 0.3) is 0 Å². The van der Waals surface area contributed by atoms with Crippen LogP contribution in [0.4, 0.5) is 4.39 Å². The van der Waals surface area contributed by atoms with Gasteiger partial charge in [-0.3, -0.25) is 4.98 Å². The summed E-state index contributed by atoms with van der Waals surface area (Å²) in [4.78, 5) is 18.3. The molecule has 3 aromatic rings. The van der Waals surface area contributed by atoms with Crippen LogP contribution in [0, 0.1) is 12.7 Å². The molecule has 0 aliphatic carbocycles. The molecule has 0 unspecified atom stereocenters. The molecule has 0 amide bonds. The van der Waals surface area contributed by atoms with Crippen molar-refractivity contribution in [3.63, 3.8) is 0 Å². The zero-order valence-corrected chi connectivity index (χ0v) is 14.2. The lowest BCUT2D eigenvalue weighted by Crippen LogP contribution is -2.07. The number of carbonyl (C=O) groups excluding carboxylic acids is 1. The first-order valence-electron chi connectivity index (χ1n) is 7.58. The standard InChI is InChI=1S/C19H16FNO2S/c1-3-23-19(22)16-11-21-17-9-4-12(2)10-15(17)18(16)24-14-7-5-13(20)6-8-14/h4-11H,3H2,1-2H3. The van der Waals surface area contributed by atoms with Gasteiger partial charge in [-0.15, -0.1) is 0 Å². The van der Waals surface area contributed by atoms with Gasteiger partial charge >= 0.3 is 5.97 Å². The maximum Gasteiger partial charge on any atom is 0.340 e.